The zero-order chi connectivity index (χ0) is 17.2. The van der Waals surface area contributed by atoms with E-state index in [0.717, 1.165) is 10.5 Å². The number of phenolic OH excluding ortho intramolecular Hbond substituents is 1. The van der Waals surface area contributed by atoms with E-state index in [1.54, 1.807) is 23.9 Å². The highest BCUT2D eigenvalue weighted by atomic mass is 32.2. The highest BCUT2D eigenvalue weighted by Crippen LogP contribution is 2.26. The van der Waals surface area contributed by atoms with Gasteiger partial charge >= 0.3 is 0 Å². The first-order valence-electron chi connectivity index (χ1n) is 7.64. The first kappa shape index (κ1) is 17.9. The molecule has 2 N–H and O–H groups in total. The second kappa shape index (κ2) is 9.62. The average molecular weight is 344 g/mol. The molecule has 0 aromatic heterocycles. The Balaban J connectivity index is 1.76. The summed E-state index contributed by atoms with van der Waals surface area (Å²) in [6.45, 7) is 2.30. The lowest BCUT2D eigenvalue weighted by atomic mass is 10.2. The van der Waals surface area contributed by atoms with Gasteiger partial charge in [-0.25, -0.2) is 5.43 Å². The zero-order valence-corrected chi connectivity index (χ0v) is 14.3. The quantitative estimate of drug-likeness (QED) is 0.437. The van der Waals surface area contributed by atoms with Crippen LogP contribution in [0.2, 0.25) is 0 Å². The summed E-state index contributed by atoms with van der Waals surface area (Å²) in [4.78, 5) is 12.9. The van der Waals surface area contributed by atoms with Gasteiger partial charge in [0.25, 0.3) is 0 Å². The van der Waals surface area contributed by atoms with Gasteiger partial charge in [-0.3, -0.25) is 4.79 Å². The molecular formula is C18H20N2O3S. The Hall–Kier alpha value is -2.47. The number of nitrogens with one attached hydrogen (secondary N) is 1. The number of amides is 1. The minimum atomic E-state index is -0.140. The predicted molar refractivity (Wildman–Crippen MR) is 96.8 cm³/mol. The summed E-state index contributed by atoms with van der Waals surface area (Å²) in [6.07, 6.45) is 1.90. The van der Waals surface area contributed by atoms with Crippen LogP contribution in [0, 0.1) is 0 Å². The molecule has 0 aliphatic carbocycles. The molecule has 2 aromatic carbocycles. The van der Waals surface area contributed by atoms with Crippen molar-refractivity contribution in [2.75, 3.05) is 12.4 Å². The topological polar surface area (TPSA) is 70.9 Å². The fourth-order valence-electron chi connectivity index (χ4n) is 1.90. The standard InChI is InChI=1S/C18H20N2O3S/c1-2-23-17-12-14(8-9-16(17)21)13-19-20-18(22)10-11-24-15-6-4-3-5-7-15/h3-9,12-13,21H,2,10-11H2,1H3,(H,20,22)/b19-13+. The maximum absolute atomic E-state index is 11.7. The van der Waals surface area contributed by atoms with Gasteiger partial charge < -0.3 is 9.84 Å². The molecule has 0 radical (unpaired) electrons. The molecule has 5 nitrogen and oxygen atoms in total. The third kappa shape index (κ3) is 5.96. The van der Waals surface area contributed by atoms with Gasteiger partial charge in [-0.1, -0.05) is 18.2 Å². The minimum absolute atomic E-state index is 0.0796. The fraction of sp³-hybridized carbons (Fsp3) is 0.222. The number of hydrogen-bond acceptors (Lipinski definition) is 5. The number of phenols is 1. The summed E-state index contributed by atoms with van der Waals surface area (Å²) in [7, 11) is 0. The van der Waals surface area contributed by atoms with Gasteiger partial charge in [-0.05, 0) is 42.8 Å². The van der Waals surface area contributed by atoms with Crippen molar-refractivity contribution in [3.05, 3.63) is 54.1 Å². The van der Waals surface area contributed by atoms with Crippen molar-refractivity contribution in [3.8, 4) is 11.5 Å². The Morgan fingerprint density at radius 3 is 2.83 bits per heavy atom. The van der Waals surface area contributed by atoms with E-state index in [1.807, 2.05) is 37.3 Å². The van der Waals surface area contributed by atoms with E-state index in [1.165, 1.54) is 12.3 Å². The molecule has 0 aliphatic heterocycles. The Labute approximate surface area is 145 Å². The molecule has 0 atom stereocenters. The summed E-state index contributed by atoms with van der Waals surface area (Å²) in [6, 6.07) is 14.8. The molecule has 0 unspecified atom stereocenters. The van der Waals surface area contributed by atoms with Gasteiger partial charge in [-0.2, -0.15) is 5.10 Å². The smallest absolute Gasteiger partial charge is 0.240 e. The lowest BCUT2D eigenvalue weighted by molar-refractivity contribution is -0.120. The van der Waals surface area contributed by atoms with Crippen molar-refractivity contribution in [3.63, 3.8) is 0 Å². The van der Waals surface area contributed by atoms with Crippen LogP contribution in [-0.2, 0) is 4.79 Å². The van der Waals surface area contributed by atoms with E-state index >= 15 is 0 Å². The lowest BCUT2D eigenvalue weighted by Gasteiger charge is -2.06. The molecule has 0 fully saturated rings. The van der Waals surface area contributed by atoms with Gasteiger partial charge in [0, 0.05) is 17.1 Å². The molecule has 0 heterocycles. The van der Waals surface area contributed by atoms with E-state index in [9.17, 15) is 9.90 Å². The van der Waals surface area contributed by atoms with Gasteiger partial charge in [0.1, 0.15) is 0 Å². The lowest BCUT2D eigenvalue weighted by Crippen LogP contribution is -2.17. The molecule has 2 aromatic rings. The summed E-state index contributed by atoms with van der Waals surface area (Å²) in [5.74, 6) is 1.03. The van der Waals surface area contributed by atoms with Crippen molar-refractivity contribution in [1.29, 1.82) is 0 Å². The number of carbonyl (C=O) groups is 1. The molecule has 0 aliphatic rings. The van der Waals surface area contributed by atoms with Crippen molar-refractivity contribution in [1.82, 2.24) is 5.43 Å². The first-order valence-corrected chi connectivity index (χ1v) is 8.63. The Morgan fingerprint density at radius 2 is 2.08 bits per heavy atom. The van der Waals surface area contributed by atoms with Crippen molar-refractivity contribution >= 4 is 23.9 Å². The van der Waals surface area contributed by atoms with Crippen LogP contribution < -0.4 is 10.2 Å². The molecule has 6 heteroatoms. The molecule has 0 saturated heterocycles. The average Bonchev–Trinajstić information content (AvgIpc) is 2.59. The third-order valence-corrected chi connectivity index (χ3v) is 4.04. The Bertz CT molecular complexity index is 690. The van der Waals surface area contributed by atoms with Crippen LogP contribution >= 0.6 is 11.8 Å². The van der Waals surface area contributed by atoms with Gasteiger partial charge in [0.2, 0.25) is 5.91 Å². The number of nitrogens with zero attached hydrogens (tertiary/aromatic N) is 1. The molecule has 24 heavy (non-hydrogen) atoms. The van der Waals surface area contributed by atoms with E-state index in [-0.39, 0.29) is 11.7 Å². The van der Waals surface area contributed by atoms with E-state index in [4.69, 9.17) is 4.74 Å². The van der Waals surface area contributed by atoms with Crippen LogP contribution in [0.1, 0.15) is 18.9 Å². The number of hydrogen-bond donors (Lipinski definition) is 2. The second-order valence-electron chi connectivity index (χ2n) is 4.86. The van der Waals surface area contributed by atoms with Gasteiger partial charge in [-0.15, -0.1) is 11.8 Å². The monoisotopic (exact) mass is 344 g/mol. The predicted octanol–water partition coefficient (Wildman–Crippen LogP) is 3.42. The zero-order valence-electron chi connectivity index (χ0n) is 13.4. The summed E-state index contributed by atoms with van der Waals surface area (Å²) >= 11 is 1.63. The number of benzene rings is 2. The Morgan fingerprint density at radius 1 is 1.29 bits per heavy atom. The van der Waals surface area contributed by atoms with Crippen LogP contribution in [0.4, 0.5) is 0 Å². The van der Waals surface area contributed by atoms with Crippen LogP contribution in [0.25, 0.3) is 0 Å². The Kier molecular flexibility index (Phi) is 7.17. The van der Waals surface area contributed by atoms with E-state index in [0.29, 0.717) is 24.5 Å². The first-order chi connectivity index (χ1) is 11.7. The van der Waals surface area contributed by atoms with Crippen LogP contribution in [0.5, 0.6) is 11.5 Å². The molecule has 0 saturated carbocycles. The molecule has 126 valence electrons. The highest BCUT2D eigenvalue weighted by molar-refractivity contribution is 7.99. The molecule has 2 rings (SSSR count). The summed E-state index contributed by atoms with van der Waals surface area (Å²) in [5, 5.41) is 13.6. The van der Waals surface area contributed by atoms with Gasteiger partial charge in [0.05, 0.1) is 12.8 Å². The van der Waals surface area contributed by atoms with Crippen LogP contribution in [0.15, 0.2) is 58.5 Å². The van der Waals surface area contributed by atoms with Crippen LogP contribution in [-0.4, -0.2) is 29.6 Å². The molecule has 0 spiro atoms. The molecule has 1 amide bonds. The highest BCUT2D eigenvalue weighted by Gasteiger charge is 2.03. The van der Waals surface area contributed by atoms with Crippen molar-refractivity contribution in [2.24, 2.45) is 5.10 Å². The van der Waals surface area contributed by atoms with E-state index in [2.05, 4.69) is 10.5 Å². The number of ether oxygens (including phenoxy) is 1. The van der Waals surface area contributed by atoms with Crippen molar-refractivity contribution in [2.45, 2.75) is 18.2 Å². The number of rotatable bonds is 8. The van der Waals surface area contributed by atoms with Gasteiger partial charge in [0.15, 0.2) is 11.5 Å². The number of thioether (sulfide) groups is 1. The van der Waals surface area contributed by atoms with Crippen molar-refractivity contribution < 1.29 is 14.6 Å². The third-order valence-electron chi connectivity index (χ3n) is 3.03. The summed E-state index contributed by atoms with van der Waals surface area (Å²) in [5.41, 5.74) is 3.23. The second-order valence-corrected chi connectivity index (χ2v) is 6.03. The number of carbonyl (C=O) groups excluding carboxylic acids is 1. The largest absolute Gasteiger partial charge is 0.504 e. The molecule has 0 bridgehead atoms. The summed E-state index contributed by atoms with van der Waals surface area (Å²) < 4.78 is 5.30. The number of hydrazone groups is 1. The van der Waals surface area contributed by atoms with Crippen LogP contribution in [0.3, 0.4) is 0 Å². The number of aromatic hydroxyl groups is 1. The SMILES string of the molecule is CCOc1cc(/C=N/NC(=O)CCSc2ccccc2)ccc1O. The van der Waals surface area contributed by atoms with E-state index < -0.39 is 0 Å². The normalized spacial score (nSPS) is 10.7. The minimum Gasteiger partial charge on any atom is -0.504 e. The molecular weight excluding hydrogens is 324 g/mol. The maximum Gasteiger partial charge on any atom is 0.240 e. The maximum atomic E-state index is 11.7. The fourth-order valence-corrected chi connectivity index (χ4v) is 2.77.